The van der Waals surface area contributed by atoms with Crippen LogP contribution in [0.5, 0.6) is 0 Å². The zero-order chi connectivity index (χ0) is 15.1. The van der Waals surface area contributed by atoms with Gasteiger partial charge in [-0.05, 0) is 19.9 Å². The van der Waals surface area contributed by atoms with Crippen LogP contribution >= 0.6 is 0 Å². The second-order valence-corrected chi connectivity index (χ2v) is 4.20. The lowest BCUT2D eigenvalue weighted by atomic mass is 10.2. The third-order valence-electron chi connectivity index (χ3n) is 2.21. The van der Waals surface area contributed by atoms with Gasteiger partial charge in [-0.2, -0.15) is 0 Å². The fraction of sp³-hybridized carbons (Fsp3) is 0.647. The molecule has 1 aliphatic heterocycles. The van der Waals surface area contributed by atoms with E-state index < -0.39 is 0 Å². The first-order valence-electron chi connectivity index (χ1n) is 7.48. The standard InChI is InChI=1S/C12H19NO.C3H8.C2H6/c1-4-12(6-5-11(2)3)13-7-9-14-10-8-13;1-3-2;1-2/h4-6H,2,7-10H2,1,3H3;3H2,1-2H3;1-2H3/b6-5-,12-4+;;. The van der Waals surface area contributed by atoms with E-state index in [1.165, 1.54) is 12.1 Å². The first-order chi connectivity index (χ1) is 9.15. The van der Waals surface area contributed by atoms with Gasteiger partial charge in [0.15, 0.2) is 0 Å². The van der Waals surface area contributed by atoms with E-state index >= 15 is 0 Å². The summed E-state index contributed by atoms with van der Waals surface area (Å²) in [4.78, 5) is 2.34. The highest BCUT2D eigenvalue weighted by Gasteiger charge is 2.10. The lowest BCUT2D eigenvalue weighted by Crippen LogP contribution is -2.35. The second-order valence-electron chi connectivity index (χ2n) is 4.20. The fourth-order valence-corrected chi connectivity index (χ4v) is 1.43. The van der Waals surface area contributed by atoms with Crippen molar-refractivity contribution in [1.29, 1.82) is 0 Å². The first kappa shape index (κ1) is 20.3. The van der Waals surface area contributed by atoms with Crippen molar-refractivity contribution in [3.8, 4) is 0 Å². The van der Waals surface area contributed by atoms with Gasteiger partial charge in [0.1, 0.15) is 0 Å². The molecule has 2 heteroatoms. The van der Waals surface area contributed by atoms with Gasteiger partial charge in [0, 0.05) is 18.8 Å². The van der Waals surface area contributed by atoms with Crippen LogP contribution in [0.2, 0.25) is 0 Å². The summed E-state index contributed by atoms with van der Waals surface area (Å²) in [7, 11) is 0. The molecule has 0 saturated carbocycles. The summed E-state index contributed by atoms with van der Waals surface area (Å²) in [5.74, 6) is 0. The SMILES string of the molecule is C=C(C)/C=C\C(=C/C)N1CCOCC1.CC.CCC. The molecule has 0 atom stereocenters. The van der Waals surface area contributed by atoms with E-state index in [2.05, 4.69) is 44.4 Å². The molecule has 2 nitrogen and oxygen atoms in total. The Morgan fingerprint density at radius 1 is 1.16 bits per heavy atom. The maximum atomic E-state index is 5.31. The zero-order valence-electron chi connectivity index (χ0n) is 13.8. The highest BCUT2D eigenvalue weighted by Crippen LogP contribution is 2.09. The lowest BCUT2D eigenvalue weighted by molar-refractivity contribution is 0.0553. The summed E-state index contributed by atoms with van der Waals surface area (Å²) in [6.45, 7) is 19.8. The van der Waals surface area contributed by atoms with Crippen molar-refractivity contribution >= 4 is 0 Å². The van der Waals surface area contributed by atoms with Crippen molar-refractivity contribution in [3.05, 3.63) is 36.1 Å². The van der Waals surface area contributed by atoms with Gasteiger partial charge in [0.25, 0.3) is 0 Å². The molecule has 1 fully saturated rings. The quantitative estimate of drug-likeness (QED) is 0.681. The van der Waals surface area contributed by atoms with Crippen LogP contribution < -0.4 is 0 Å². The monoisotopic (exact) mass is 267 g/mol. The number of hydrogen-bond donors (Lipinski definition) is 0. The molecule has 0 radical (unpaired) electrons. The van der Waals surface area contributed by atoms with Gasteiger partial charge in [0.05, 0.1) is 13.2 Å². The predicted molar refractivity (Wildman–Crippen MR) is 87.4 cm³/mol. The van der Waals surface area contributed by atoms with E-state index in [0.29, 0.717) is 0 Å². The van der Waals surface area contributed by atoms with Gasteiger partial charge in [-0.25, -0.2) is 0 Å². The average Bonchev–Trinajstić information content (AvgIpc) is 2.43. The first-order valence-corrected chi connectivity index (χ1v) is 7.48. The minimum atomic E-state index is 0.832. The summed E-state index contributed by atoms with van der Waals surface area (Å²) in [5, 5.41) is 0. The maximum absolute atomic E-state index is 5.31. The molecular formula is C17H33NO. The topological polar surface area (TPSA) is 12.5 Å². The molecule has 0 aromatic heterocycles. The van der Waals surface area contributed by atoms with Crippen LogP contribution in [0.4, 0.5) is 0 Å². The van der Waals surface area contributed by atoms with Gasteiger partial charge in [-0.3, -0.25) is 0 Å². The lowest BCUT2D eigenvalue weighted by Gasteiger charge is -2.29. The highest BCUT2D eigenvalue weighted by atomic mass is 16.5. The Hall–Kier alpha value is -1.02. The van der Waals surface area contributed by atoms with Crippen molar-refractivity contribution in [2.75, 3.05) is 26.3 Å². The van der Waals surface area contributed by atoms with Gasteiger partial charge in [0.2, 0.25) is 0 Å². The van der Waals surface area contributed by atoms with Gasteiger partial charge >= 0.3 is 0 Å². The van der Waals surface area contributed by atoms with Gasteiger partial charge in [-0.15, -0.1) is 0 Å². The van der Waals surface area contributed by atoms with Crippen molar-refractivity contribution in [1.82, 2.24) is 4.90 Å². The summed E-state index contributed by atoms with van der Waals surface area (Å²) < 4.78 is 5.31. The Morgan fingerprint density at radius 2 is 1.63 bits per heavy atom. The van der Waals surface area contributed by atoms with E-state index in [9.17, 15) is 0 Å². The molecule has 0 aliphatic carbocycles. The Balaban J connectivity index is 0. The molecule has 0 aromatic carbocycles. The molecule has 19 heavy (non-hydrogen) atoms. The molecule has 0 bridgehead atoms. The Labute approximate surface area is 120 Å². The summed E-state index contributed by atoms with van der Waals surface area (Å²) in [6, 6.07) is 0. The Bertz CT molecular complexity index is 260. The molecule has 0 unspecified atom stereocenters. The molecule has 1 rings (SSSR count). The van der Waals surface area contributed by atoms with Crippen LogP contribution in [-0.4, -0.2) is 31.2 Å². The Kier molecular flexibility index (Phi) is 16.1. The van der Waals surface area contributed by atoms with Gasteiger partial charge in [-0.1, -0.05) is 58.4 Å². The van der Waals surface area contributed by atoms with Crippen LogP contribution in [0.3, 0.4) is 0 Å². The van der Waals surface area contributed by atoms with Crippen LogP contribution in [0, 0.1) is 0 Å². The van der Waals surface area contributed by atoms with Crippen molar-refractivity contribution in [2.45, 2.75) is 48.0 Å². The number of rotatable bonds is 3. The third kappa shape index (κ3) is 11.8. The number of nitrogens with zero attached hydrogens (tertiary/aromatic N) is 1. The molecule has 0 amide bonds. The Morgan fingerprint density at radius 3 is 2.00 bits per heavy atom. The van der Waals surface area contributed by atoms with Crippen molar-refractivity contribution < 1.29 is 4.74 Å². The summed E-state index contributed by atoms with van der Waals surface area (Å²) in [6.07, 6.45) is 7.54. The minimum Gasteiger partial charge on any atom is -0.378 e. The van der Waals surface area contributed by atoms with Crippen LogP contribution in [-0.2, 0) is 4.74 Å². The zero-order valence-corrected chi connectivity index (χ0v) is 13.8. The highest BCUT2D eigenvalue weighted by molar-refractivity contribution is 5.24. The third-order valence-corrected chi connectivity index (χ3v) is 2.21. The predicted octanol–water partition coefficient (Wildman–Crippen LogP) is 4.80. The molecule has 1 aliphatic rings. The number of hydrogen-bond acceptors (Lipinski definition) is 2. The smallest absolute Gasteiger partial charge is 0.0642 e. The maximum Gasteiger partial charge on any atom is 0.0642 e. The number of morpholine rings is 1. The van der Waals surface area contributed by atoms with Gasteiger partial charge < -0.3 is 9.64 Å². The van der Waals surface area contributed by atoms with E-state index in [4.69, 9.17) is 4.74 Å². The normalized spacial score (nSPS) is 15.3. The minimum absolute atomic E-state index is 0.832. The van der Waals surface area contributed by atoms with Crippen molar-refractivity contribution in [3.63, 3.8) is 0 Å². The van der Waals surface area contributed by atoms with E-state index in [-0.39, 0.29) is 0 Å². The van der Waals surface area contributed by atoms with Crippen LogP contribution in [0.15, 0.2) is 36.1 Å². The molecule has 0 spiro atoms. The molecular weight excluding hydrogens is 234 g/mol. The number of ether oxygens (including phenoxy) is 1. The molecule has 1 heterocycles. The summed E-state index contributed by atoms with van der Waals surface area (Å²) in [5.41, 5.74) is 2.34. The molecule has 1 saturated heterocycles. The van der Waals surface area contributed by atoms with Crippen LogP contribution in [0.25, 0.3) is 0 Å². The molecule has 0 N–H and O–H groups in total. The van der Waals surface area contributed by atoms with E-state index in [1.54, 1.807) is 0 Å². The second kappa shape index (κ2) is 15.0. The largest absolute Gasteiger partial charge is 0.378 e. The fourth-order valence-electron chi connectivity index (χ4n) is 1.43. The van der Waals surface area contributed by atoms with Crippen molar-refractivity contribution in [2.24, 2.45) is 0 Å². The van der Waals surface area contributed by atoms with E-state index in [0.717, 1.165) is 31.9 Å². The molecule has 0 aromatic rings. The number of allylic oxidation sites excluding steroid dienone is 4. The average molecular weight is 267 g/mol. The summed E-state index contributed by atoms with van der Waals surface area (Å²) >= 11 is 0. The molecule has 112 valence electrons. The van der Waals surface area contributed by atoms with Crippen LogP contribution in [0.1, 0.15) is 48.0 Å². The van der Waals surface area contributed by atoms with E-state index in [1.807, 2.05) is 26.8 Å².